The van der Waals surface area contributed by atoms with Crippen molar-refractivity contribution in [2.24, 2.45) is 15.0 Å². The molecule has 5 heterocycles. The third kappa shape index (κ3) is 2.99. The molecule has 5 rings (SSSR count). The van der Waals surface area contributed by atoms with Gasteiger partial charge in [0.05, 0.1) is 39.6 Å². The molecular formula is C23H16N4O. The van der Waals surface area contributed by atoms with Crippen LogP contribution in [0.4, 0.5) is 0 Å². The van der Waals surface area contributed by atoms with Crippen molar-refractivity contribution in [3.05, 3.63) is 101 Å². The van der Waals surface area contributed by atoms with E-state index >= 15 is 0 Å². The molecule has 0 spiro atoms. The molecule has 0 saturated carbocycles. The fourth-order valence-electron chi connectivity index (χ4n) is 3.28. The molecule has 1 aromatic rings. The number of fused-ring (bicyclic) bond motifs is 5. The van der Waals surface area contributed by atoms with Gasteiger partial charge in [0.2, 0.25) is 0 Å². The first kappa shape index (κ1) is 16.2. The lowest BCUT2D eigenvalue weighted by atomic mass is 10.2. The summed E-state index contributed by atoms with van der Waals surface area (Å²) in [6.07, 6.45) is 20.9. The zero-order chi connectivity index (χ0) is 19.1. The highest BCUT2D eigenvalue weighted by Gasteiger charge is 2.10. The molecule has 0 radical (unpaired) electrons. The Labute approximate surface area is 161 Å². The molecule has 0 aromatic carbocycles. The Kier molecular flexibility index (Phi) is 3.66. The lowest BCUT2D eigenvalue weighted by Crippen LogP contribution is -2.25. The van der Waals surface area contributed by atoms with Crippen molar-refractivity contribution in [1.82, 2.24) is 4.98 Å². The summed E-state index contributed by atoms with van der Waals surface area (Å²) < 4.78 is 0. The number of rotatable bonds is 1. The molecule has 8 bridgehead atoms. The van der Waals surface area contributed by atoms with E-state index in [9.17, 15) is 5.11 Å². The molecule has 5 nitrogen and oxygen atoms in total. The second-order valence-electron chi connectivity index (χ2n) is 6.60. The Morgan fingerprint density at radius 3 is 1.89 bits per heavy atom. The fraction of sp³-hybridized carbons (Fsp3) is 0. The minimum atomic E-state index is 0.107. The number of hydrogen-bond acceptors (Lipinski definition) is 4. The maximum atomic E-state index is 10.3. The summed E-state index contributed by atoms with van der Waals surface area (Å²) >= 11 is 0. The Morgan fingerprint density at radius 2 is 1.32 bits per heavy atom. The molecule has 134 valence electrons. The van der Waals surface area contributed by atoms with E-state index in [1.165, 1.54) is 6.08 Å². The smallest absolute Gasteiger partial charge is 0.124 e. The summed E-state index contributed by atoms with van der Waals surface area (Å²) in [7, 11) is 0. The first-order chi connectivity index (χ1) is 13.7. The van der Waals surface area contributed by atoms with Crippen molar-refractivity contribution in [3.63, 3.8) is 0 Å². The summed E-state index contributed by atoms with van der Waals surface area (Å²) in [4.78, 5) is 17.2. The summed E-state index contributed by atoms with van der Waals surface area (Å²) in [5, 5.41) is 11.7. The third-order valence-electron chi connectivity index (χ3n) is 4.57. The molecule has 1 aromatic heterocycles. The van der Waals surface area contributed by atoms with E-state index < -0.39 is 0 Å². The number of nitrogens with zero attached hydrogens (tertiary/aromatic N) is 3. The predicted molar refractivity (Wildman–Crippen MR) is 115 cm³/mol. The van der Waals surface area contributed by atoms with E-state index in [1.807, 2.05) is 66.8 Å². The topological polar surface area (TPSA) is 73.1 Å². The standard InChI is InChI=1S/C23H16N4O/c1-2-23(28)21-12-20-11-18-6-5-16(25-18)9-14-3-4-15(24-14)10-17-7-8-19(26-17)13-22(21)27-20/h2-13,27-28H,1H2. The van der Waals surface area contributed by atoms with Gasteiger partial charge in [-0.25, -0.2) is 15.0 Å². The van der Waals surface area contributed by atoms with Crippen LogP contribution < -0.4 is 10.6 Å². The summed E-state index contributed by atoms with van der Waals surface area (Å²) in [5.74, 6) is 0.107. The van der Waals surface area contributed by atoms with E-state index in [1.54, 1.807) is 0 Å². The summed E-state index contributed by atoms with van der Waals surface area (Å²) in [6, 6.07) is 1.87. The Balaban J connectivity index is 1.76. The van der Waals surface area contributed by atoms with Crippen LogP contribution in [-0.4, -0.2) is 27.2 Å². The van der Waals surface area contributed by atoms with Gasteiger partial charge in [0.25, 0.3) is 0 Å². The molecule has 0 amide bonds. The number of aliphatic imine (C=N–C) groups is 3. The quantitative estimate of drug-likeness (QED) is 0.790. The van der Waals surface area contributed by atoms with Gasteiger partial charge in [0.15, 0.2) is 0 Å². The largest absolute Gasteiger partial charge is 0.507 e. The zero-order valence-corrected chi connectivity index (χ0v) is 14.9. The average molecular weight is 364 g/mol. The highest BCUT2D eigenvalue weighted by Crippen LogP contribution is 2.18. The minimum absolute atomic E-state index is 0.107. The van der Waals surface area contributed by atoms with Gasteiger partial charge in [-0.3, -0.25) is 0 Å². The van der Waals surface area contributed by atoms with Crippen LogP contribution in [0.25, 0.3) is 17.9 Å². The van der Waals surface area contributed by atoms with Crippen molar-refractivity contribution in [3.8, 4) is 0 Å². The molecule has 0 saturated heterocycles. The SMILES string of the molecule is C=CC(O)=c1cc2[nH]c1=CC1=NC(=CC3=NC(=CC4=NC(=C2)C=C4)C=C3)C=C1. The summed E-state index contributed by atoms with van der Waals surface area (Å²) in [5.41, 5.74) is 5.82. The minimum Gasteiger partial charge on any atom is -0.507 e. The zero-order valence-electron chi connectivity index (χ0n) is 14.9. The van der Waals surface area contributed by atoms with Crippen LogP contribution >= 0.6 is 0 Å². The number of nitrogens with one attached hydrogen (secondary N) is 1. The van der Waals surface area contributed by atoms with Crippen LogP contribution in [0.3, 0.4) is 0 Å². The van der Waals surface area contributed by atoms with E-state index in [0.29, 0.717) is 5.22 Å². The van der Waals surface area contributed by atoms with Crippen molar-refractivity contribution in [1.29, 1.82) is 0 Å². The van der Waals surface area contributed by atoms with Gasteiger partial charge in [-0.15, -0.1) is 0 Å². The predicted octanol–water partition coefficient (Wildman–Crippen LogP) is 2.80. The van der Waals surface area contributed by atoms with Gasteiger partial charge in [-0.2, -0.15) is 0 Å². The number of aliphatic hydroxyl groups is 1. The van der Waals surface area contributed by atoms with E-state index in [-0.39, 0.29) is 5.76 Å². The molecule has 0 aliphatic carbocycles. The lowest BCUT2D eigenvalue weighted by molar-refractivity contribution is 0.512. The first-order valence-electron chi connectivity index (χ1n) is 8.88. The molecule has 28 heavy (non-hydrogen) atoms. The number of hydrogen-bond donors (Lipinski definition) is 2. The Bertz CT molecular complexity index is 1310. The van der Waals surface area contributed by atoms with Gasteiger partial charge in [-0.05, 0) is 72.9 Å². The molecule has 2 N–H and O–H groups in total. The number of aliphatic hydroxyl groups excluding tert-OH is 1. The molecule has 4 aliphatic rings. The monoisotopic (exact) mass is 364 g/mol. The number of H-pyrrole nitrogens is 1. The fourth-order valence-corrected chi connectivity index (χ4v) is 3.28. The number of allylic oxidation sites excluding steroid dienone is 8. The van der Waals surface area contributed by atoms with E-state index in [0.717, 1.165) is 45.3 Å². The normalized spacial score (nSPS) is 20.0. The number of aromatic nitrogens is 1. The molecule has 0 fully saturated rings. The average Bonchev–Trinajstić information content (AvgIpc) is 3.45. The molecular weight excluding hydrogens is 348 g/mol. The maximum absolute atomic E-state index is 10.3. The Morgan fingerprint density at radius 1 is 0.786 bits per heavy atom. The van der Waals surface area contributed by atoms with Gasteiger partial charge in [0.1, 0.15) is 5.76 Å². The van der Waals surface area contributed by atoms with Crippen molar-refractivity contribution in [2.45, 2.75) is 0 Å². The first-order valence-corrected chi connectivity index (χ1v) is 8.88. The Hall–Kier alpha value is -3.99. The van der Waals surface area contributed by atoms with Crippen molar-refractivity contribution < 1.29 is 5.11 Å². The van der Waals surface area contributed by atoms with Crippen LogP contribution in [0.1, 0.15) is 5.69 Å². The van der Waals surface area contributed by atoms with Crippen LogP contribution in [0, 0.1) is 0 Å². The highest BCUT2D eigenvalue weighted by atomic mass is 16.3. The number of aromatic amines is 1. The van der Waals surface area contributed by atoms with Gasteiger partial charge >= 0.3 is 0 Å². The maximum Gasteiger partial charge on any atom is 0.124 e. The van der Waals surface area contributed by atoms with Crippen LogP contribution in [-0.2, 0) is 0 Å². The van der Waals surface area contributed by atoms with Gasteiger partial charge in [-0.1, -0.05) is 6.58 Å². The molecule has 0 atom stereocenters. The van der Waals surface area contributed by atoms with Crippen molar-refractivity contribution in [2.75, 3.05) is 0 Å². The third-order valence-corrected chi connectivity index (χ3v) is 4.57. The van der Waals surface area contributed by atoms with Crippen LogP contribution in [0.15, 0.2) is 99.4 Å². The second kappa shape index (κ2) is 6.32. The molecule has 5 heteroatoms. The van der Waals surface area contributed by atoms with Gasteiger partial charge in [0, 0.05) is 10.9 Å². The second-order valence-corrected chi connectivity index (χ2v) is 6.60. The van der Waals surface area contributed by atoms with Gasteiger partial charge < -0.3 is 10.1 Å². The highest BCUT2D eigenvalue weighted by molar-refractivity contribution is 6.20. The van der Waals surface area contributed by atoms with E-state index in [2.05, 4.69) is 26.5 Å². The van der Waals surface area contributed by atoms with Crippen molar-refractivity contribution >= 4 is 35.0 Å². The summed E-state index contributed by atoms with van der Waals surface area (Å²) in [6.45, 7) is 3.67. The van der Waals surface area contributed by atoms with Crippen LogP contribution in [0.2, 0.25) is 0 Å². The molecule has 4 aliphatic heterocycles. The van der Waals surface area contributed by atoms with Crippen LogP contribution in [0.5, 0.6) is 0 Å². The molecule has 0 unspecified atom stereocenters. The van der Waals surface area contributed by atoms with E-state index in [4.69, 9.17) is 0 Å². The lowest BCUT2D eigenvalue weighted by Gasteiger charge is -1.93.